The first kappa shape index (κ1) is 17.5. The topological polar surface area (TPSA) is 66.5 Å². The summed E-state index contributed by atoms with van der Waals surface area (Å²) < 4.78 is 25.2. The molecule has 0 heterocycles. The van der Waals surface area contributed by atoms with Crippen molar-refractivity contribution in [2.45, 2.75) is 27.7 Å². The van der Waals surface area contributed by atoms with Gasteiger partial charge in [0.15, 0.2) is 0 Å². The third-order valence-corrected chi connectivity index (χ3v) is 4.15. The SMILES string of the molecule is Cc1ccc(C)c(N(CC(=O)NCC(C)C)S(C)(=O)=O)c1. The molecular formula is C15H24N2O3S. The van der Waals surface area contributed by atoms with Gasteiger partial charge in [0.05, 0.1) is 11.9 Å². The minimum Gasteiger partial charge on any atom is -0.354 e. The number of nitrogens with one attached hydrogen (secondary N) is 1. The lowest BCUT2D eigenvalue weighted by molar-refractivity contribution is -0.119. The van der Waals surface area contributed by atoms with E-state index in [9.17, 15) is 13.2 Å². The number of sulfonamides is 1. The maximum absolute atomic E-state index is 12.0. The maximum Gasteiger partial charge on any atom is 0.240 e. The molecule has 0 spiro atoms. The molecule has 0 aromatic heterocycles. The number of carbonyl (C=O) groups is 1. The minimum atomic E-state index is -3.52. The van der Waals surface area contributed by atoms with Crippen molar-refractivity contribution in [2.75, 3.05) is 23.7 Å². The lowest BCUT2D eigenvalue weighted by Crippen LogP contribution is -2.41. The van der Waals surface area contributed by atoms with Crippen LogP contribution in [0.15, 0.2) is 18.2 Å². The third-order valence-electron chi connectivity index (χ3n) is 3.03. The third kappa shape index (κ3) is 5.38. The van der Waals surface area contributed by atoms with Crippen molar-refractivity contribution in [3.05, 3.63) is 29.3 Å². The fourth-order valence-corrected chi connectivity index (χ4v) is 2.78. The molecule has 5 nitrogen and oxygen atoms in total. The second kappa shape index (κ2) is 6.93. The summed E-state index contributed by atoms with van der Waals surface area (Å²) in [4.78, 5) is 12.0. The highest BCUT2D eigenvalue weighted by Crippen LogP contribution is 2.23. The van der Waals surface area contributed by atoms with Gasteiger partial charge in [0.25, 0.3) is 0 Å². The number of anilines is 1. The fourth-order valence-electron chi connectivity index (χ4n) is 1.87. The zero-order chi connectivity index (χ0) is 16.2. The number of amides is 1. The molecule has 1 aromatic carbocycles. The van der Waals surface area contributed by atoms with Crippen LogP contribution in [-0.4, -0.2) is 33.7 Å². The predicted molar refractivity (Wildman–Crippen MR) is 86.0 cm³/mol. The summed E-state index contributed by atoms with van der Waals surface area (Å²) in [5.41, 5.74) is 2.33. The Balaban J connectivity index is 3.03. The zero-order valence-electron chi connectivity index (χ0n) is 13.3. The van der Waals surface area contributed by atoms with E-state index in [2.05, 4.69) is 5.32 Å². The molecule has 0 aliphatic carbocycles. The predicted octanol–water partition coefficient (Wildman–Crippen LogP) is 1.84. The highest BCUT2D eigenvalue weighted by Gasteiger charge is 2.22. The van der Waals surface area contributed by atoms with Gasteiger partial charge in [-0.15, -0.1) is 0 Å². The van der Waals surface area contributed by atoms with Crippen LogP contribution in [0, 0.1) is 19.8 Å². The number of hydrogen-bond donors (Lipinski definition) is 1. The monoisotopic (exact) mass is 312 g/mol. The summed E-state index contributed by atoms with van der Waals surface area (Å²) in [6, 6.07) is 5.55. The second-order valence-electron chi connectivity index (χ2n) is 5.76. The lowest BCUT2D eigenvalue weighted by atomic mass is 10.1. The average molecular weight is 312 g/mol. The van der Waals surface area contributed by atoms with Crippen LogP contribution in [-0.2, 0) is 14.8 Å². The highest BCUT2D eigenvalue weighted by atomic mass is 32.2. The van der Waals surface area contributed by atoms with Crippen molar-refractivity contribution in [3.63, 3.8) is 0 Å². The Morgan fingerprint density at radius 2 is 1.90 bits per heavy atom. The molecule has 0 aliphatic rings. The molecular weight excluding hydrogens is 288 g/mol. The van der Waals surface area contributed by atoms with Gasteiger partial charge >= 0.3 is 0 Å². The number of carbonyl (C=O) groups excluding carboxylic acids is 1. The van der Waals surface area contributed by atoms with Gasteiger partial charge in [0.1, 0.15) is 6.54 Å². The molecule has 0 saturated heterocycles. The molecule has 118 valence electrons. The first-order valence-corrected chi connectivity index (χ1v) is 8.77. The lowest BCUT2D eigenvalue weighted by Gasteiger charge is -2.24. The van der Waals surface area contributed by atoms with Crippen LogP contribution in [0.4, 0.5) is 5.69 Å². The van der Waals surface area contributed by atoms with Crippen LogP contribution >= 0.6 is 0 Å². The summed E-state index contributed by atoms with van der Waals surface area (Å²) in [5, 5.41) is 2.74. The number of rotatable bonds is 6. The quantitative estimate of drug-likeness (QED) is 0.871. The van der Waals surface area contributed by atoms with Gasteiger partial charge < -0.3 is 5.32 Å². The van der Waals surface area contributed by atoms with Crippen LogP contribution in [0.1, 0.15) is 25.0 Å². The molecule has 1 N–H and O–H groups in total. The van der Waals surface area contributed by atoms with Crippen molar-refractivity contribution < 1.29 is 13.2 Å². The molecule has 0 unspecified atom stereocenters. The first-order chi connectivity index (χ1) is 9.61. The summed E-state index contributed by atoms with van der Waals surface area (Å²) in [6.07, 6.45) is 1.12. The second-order valence-corrected chi connectivity index (χ2v) is 7.66. The summed E-state index contributed by atoms with van der Waals surface area (Å²) >= 11 is 0. The van der Waals surface area contributed by atoms with Crippen LogP contribution in [0.5, 0.6) is 0 Å². The first-order valence-electron chi connectivity index (χ1n) is 6.93. The number of hydrogen-bond acceptors (Lipinski definition) is 3. The van der Waals surface area contributed by atoms with E-state index >= 15 is 0 Å². The molecule has 1 rings (SSSR count). The number of benzene rings is 1. The van der Waals surface area contributed by atoms with E-state index in [1.807, 2.05) is 39.8 Å². The van der Waals surface area contributed by atoms with Gasteiger partial charge in [0.2, 0.25) is 15.9 Å². The number of aryl methyl sites for hydroxylation is 2. The Kier molecular flexibility index (Phi) is 5.78. The molecule has 0 radical (unpaired) electrons. The van der Waals surface area contributed by atoms with E-state index < -0.39 is 10.0 Å². The fraction of sp³-hybridized carbons (Fsp3) is 0.533. The van der Waals surface area contributed by atoms with E-state index in [0.29, 0.717) is 18.2 Å². The van der Waals surface area contributed by atoms with Crippen LogP contribution in [0.2, 0.25) is 0 Å². The highest BCUT2D eigenvalue weighted by molar-refractivity contribution is 7.92. The van der Waals surface area contributed by atoms with Gasteiger partial charge in [-0.1, -0.05) is 26.0 Å². The van der Waals surface area contributed by atoms with Gasteiger partial charge in [0, 0.05) is 6.54 Å². The Morgan fingerprint density at radius 3 is 2.43 bits per heavy atom. The molecule has 0 bridgehead atoms. The minimum absolute atomic E-state index is 0.199. The molecule has 0 fully saturated rings. The molecule has 1 amide bonds. The van der Waals surface area contributed by atoms with E-state index in [-0.39, 0.29) is 12.5 Å². The van der Waals surface area contributed by atoms with Crippen LogP contribution < -0.4 is 9.62 Å². The molecule has 1 aromatic rings. The van der Waals surface area contributed by atoms with Gasteiger partial charge in [-0.2, -0.15) is 0 Å². The van der Waals surface area contributed by atoms with Gasteiger partial charge in [-0.3, -0.25) is 9.10 Å². The van der Waals surface area contributed by atoms with E-state index in [1.54, 1.807) is 6.07 Å². The van der Waals surface area contributed by atoms with Crippen molar-refractivity contribution >= 4 is 21.6 Å². The van der Waals surface area contributed by atoms with Crippen molar-refractivity contribution in [1.82, 2.24) is 5.32 Å². The van der Waals surface area contributed by atoms with Gasteiger partial charge in [-0.05, 0) is 37.0 Å². The summed E-state index contributed by atoms with van der Waals surface area (Å²) in [7, 11) is -3.52. The van der Waals surface area contributed by atoms with Crippen molar-refractivity contribution in [2.24, 2.45) is 5.92 Å². The normalized spacial score (nSPS) is 11.5. The Labute approximate surface area is 127 Å². The van der Waals surface area contributed by atoms with Crippen molar-refractivity contribution in [3.8, 4) is 0 Å². The smallest absolute Gasteiger partial charge is 0.240 e. The molecule has 0 aliphatic heterocycles. The maximum atomic E-state index is 12.0. The Morgan fingerprint density at radius 1 is 1.29 bits per heavy atom. The molecule has 21 heavy (non-hydrogen) atoms. The molecule has 0 saturated carbocycles. The van der Waals surface area contributed by atoms with E-state index in [4.69, 9.17) is 0 Å². The van der Waals surface area contributed by atoms with Gasteiger partial charge in [-0.25, -0.2) is 8.42 Å². The number of nitrogens with zero attached hydrogens (tertiary/aromatic N) is 1. The molecule has 0 atom stereocenters. The van der Waals surface area contributed by atoms with Crippen LogP contribution in [0.3, 0.4) is 0 Å². The van der Waals surface area contributed by atoms with Crippen molar-refractivity contribution in [1.29, 1.82) is 0 Å². The Hall–Kier alpha value is -1.56. The Bertz CT molecular complexity index is 609. The standard InChI is InChI=1S/C15H24N2O3S/c1-11(2)9-16-15(18)10-17(21(5,19)20)14-8-12(3)6-7-13(14)4/h6-8,11H,9-10H2,1-5H3,(H,16,18). The van der Waals surface area contributed by atoms with Crippen LogP contribution in [0.25, 0.3) is 0 Å². The zero-order valence-corrected chi connectivity index (χ0v) is 14.1. The molecule has 6 heteroatoms. The van der Waals surface area contributed by atoms with E-state index in [0.717, 1.165) is 21.7 Å². The average Bonchev–Trinajstić information content (AvgIpc) is 2.35. The van der Waals surface area contributed by atoms with E-state index in [1.165, 1.54) is 0 Å². The summed E-state index contributed by atoms with van der Waals surface area (Å²) in [5.74, 6) is 0.0244. The largest absolute Gasteiger partial charge is 0.354 e. The summed E-state index contributed by atoms with van der Waals surface area (Å²) in [6.45, 7) is 8.03.